The molecule has 0 bridgehead atoms. The number of ether oxygens (including phenoxy) is 1. The van der Waals surface area contributed by atoms with Crippen molar-refractivity contribution in [2.75, 3.05) is 6.54 Å². The van der Waals surface area contributed by atoms with Gasteiger partial charge in [-0.2, -0.15) is 0 Å². The second-order valence-electron chi connectivity index (χ2n) is 9.73. The molecule has 6 heteroatoms. The van der Waals surface area contributed by atoms with Gasteiger partial charge in [-0.05, 0) is 83.4 Å². The molecule has 1 saturated carbocycles. The molecule has 158 valence electrons. The molecule has 2 aliphatic carbocycles. The first kappa shape index (κ1) is 20.6. The van der Waals surface area contributed by atoms with E-state index in [1.165, 1.54) is 5.56 Å². The van der Waals surface area contributed by atoms with Crippen LogP contribution in [0, 0.1) is 5.92 Å². The number of hydrogen-bond donors (Lipinski definition) is 2. The zero-order valence-corrected chi connectivity index (χ0v) is 19.4. The van der Waals surface area contributed by atoms with Gasteiger partial charge in [0.05, 0.1) is 11.2 Å². The van der Waals surface area contributed by atoms with Crippen molar-refractivity contribution in [3.05, 3.63) is 39.5 Å². The summed E-state index contributed by atoms with van der Waals surface area (Å²) in [6, 6.07) is 6.46. The Morgan fingerprint density at radius 3 is 2.83 bits per heavy atom. The highest BCUT2D eigenvalue weighted by atomic mass is 79.9. The van der Waals surface area contributed by atoms with Gasteiger partial charge >= 0.3 is 6.09 Å². The van der Waals surface area contributed by atoms with E-state index in [4.69, 9.17) is 10.5 Å². The van der Waals surface area contributed by atoms with E-state index in [1.54, 1.807) is 0 Å². The lowest BCUT2D eigenvalue weighted by molar-refractivity contribution is 0.0142. The Morgan fingerprint density at radius 2 is 2.14 bits per heavy atom. The Morgan fingerprint density at radius 1 is 1.38 bits per heavy atom. The number of halogens is 1. The van der Waals surface area contributed by atoms with Crippen LogP contribution in [0.1, 0.15) is 64.5 Å². The maximum atomic E-state index is 12.8. The number of piperidine rings is 1. The number of fused-ring (bicyclic) bond motifs is 2. The summed E-state index contributed by atoms with van der Waals surface area (Å²) in [5.74, 6) is 0.549. The number of carbonyl (C=O) groups excluding carboxylic acids is 1. The maximum absolute atomic E-state index is 12.8. The number of rotatable bonds is 3. The van der Waals surface area contributed by atoms with Gasteiger partial charge in [-0.25, -0.2) is 4.79 Å². The SMILES string of the molecule is CC(NC1=C(N)c2ccc(Br)cc2CCC1)C12CC1CCN2C(=O)OC(C)(C)C. The molecule has 1 saturated heterocycles. The van der Waals surface area contributed by atoms with Gasteiger partial charge in [0.25, 0.3) is 0 Å². The zero-order valence-electron chi connectivity index (χ0n) is 17.8. The number of nitrogens with two attached hydrogens (primary N) is 1. The number of nitrogens with zero attached hydrogens (tertiary/aromatic N) is 1. The van der Waals surface area contributed by atoms with Crippen molar-refractivity contribution in [2.45, 2.75) is 77.0 Å². The number of allylic oxidation sites excluding steroid dienone is 1. The first-order valence-electron chi connectivity index (χ1n) is 10.7. The largest absolute Gasteiger partial charge is 0.444 e. The Labute approximate surface area is 182 Å². The fourth-order valence-electron chi connectivity index (χ4n) is 5.17. The molecular formula is C23H32BrN3O2. The fourth-order valence-corrected chi connectivity index (χ4v) is 5.58. The van der Waals surface area contributed by atoms with E-state index < -0.39 is 5.60 Å². The molecule has 4 rings (SSSR count). The standard InChI is InChI=1S/C23H32BrN3O2/c1-14(23-13-16(23)10-11-27(23)21(28)29-22(2,3)4)26-19-7-5-6-15-12-17(24)8-9-18(15)20(19)25/h8-9,12,14,16,26H,5-7,10-11,13,25H2,1-4H3. The van der Waals surface area contributed by atoms with Gasteiger partial charge in [-0.1, -0.05) is 22.0 Å². The monoisotopic (exact) mass is 461 g/mol. The molecule has 5 nitrogen and oxygen atoms in total. The molecular weight excluding hydrogens is 430 g/mol. The van der Waals surface area contributed by atoms with Gasteiger partial charge in [-0.3, -0.25) is 0 Å². The maximum Gasteiger partial charge on any atom is 0.410 e. The van der Waals surface area contributed by atoms with Gasteiger partial charge in [-0.15, -0.1) is 0 Å². The molecule has 0 radical (unpaired) electrons. The minimum Gasteiger partial charge on any atom is -0.444 e. The number of amides is 1. The predicted molar refractivity (Wildman–Crippen MR) is 119 cm³/mol. The van der Waals surface area contributed by atoms with Gasteiger partial charge in [0, 0.05) is 28.3 Å². The van der Waals surface area contributed by atoms with E-state index in [0.29, 0.717) is 5.92 Å². The quantitative estimate of drug-likeness (QED) is 0.678. The van der Waals surface area contributed by atoms with Crippen molar-refractivity contribution in [3.8, 4) is 0 Å². The third kappa shape index (κ3) is 3.76. The van der Waals surface area contributed by atoms with Crippen LogP contribution in [0.25, 0.3) is 5.70 Å². The molecule has 2 fully saturated rings. The molecule has 1 amide bonds. The summed E-state index contributed by atoms with van der Waals surface area (Å²) in [6.45, 7) is 8.74. The highest BCUT2D eigenvalue weighted by Gasteiger charge is 2.67. The summed E-state index contributed by atoms with van der Waals surface area (Å²) in [7, 11) is 0. The van der Waals surface area contributed by atoms with Crippen molar-refractivity contribution < 1.29 is 9.53 Å². The van der Waals surface area contributed by atoms with Crippen LogP contribution in [-0.4, -0.2) is 34.7 Å². The second-order valence-corrected chi connectivity index (χ2v) is 10.6. The molecule has 29 heavy (non-hydrogen) atoms. The normalized spacial score (nSPS) is 27.1. The Bertz CT molecular complexity index is 860. The van der Waals surface area contributed by atoms with Crippen molar-refractivity contribution in [1.29, 1.82) is 0 Å². The Hall–Kier alpha value is -1.69. The number of likely N-dealkylation sites (tertiary alicyclic amines) is 1. The Kier molecular flexibility index (Phi) is 5.12. The average molecular weight is 462 g/mol. The molecule has 1 aliphatic heterocycles. The minimum atomic E-state index is -0.478. The molecule has 0 aromatic heterocycles. The lowest BCUT2D eigenvalue weighted by atomic mass is 10.0. The minimum absolute atomic E-state index is 0.132. The van der Waals surface area contributed by atoms with Crippen molar-refractivity contribution in [2.24, 2.45) is 11.7 Å². The summed E-state index contributed by atoms with van der Waals surface area (Å²) in [5.41, 5.74) is 10.4. The predicted octanol–water partition coefficient (Wildman–Crippen LogP) is 4.79. The third-order valence-electron chi connectivity index (χ3n) is 6.63. The smallest absolute Gasteiger partial charge is 0.410 e. The molecule has 1 heterocycles. The summed E-state index contributed by atoms with van der Waals surface area (Å²) in [5, 5.41) is 3.73. The van der Waals surface area contributed by atoms with Crippen molar-refractivity contribution in [1.82, 2.24) is 10.2 Å². The van der Waals surface area contributed by atoms with Crippen molar-refractivity contribution >= 4 is 27.7 Å². The van der Waals surface area contributed by atoms with Gasteiger partial charge < -0.3 is 20.7 Å². The number of hydrogen-bond acceptors (Lipinski definition) is 4. The molecule has 1 aromatic rings. The van der Waals surface area contributed by atoms with Gasteiger partial charge in [0.2, 0.25) is 0 Å². The van der Waals surface area contributed by atoms with Crippen LogP contribution in [0.15, 0.2) is 28.4 Å². The van der Waals surface area contributed by atoms with Crippen molar-refractivity contribution in [3.63, 3.8) is 0 Å². The van der Waals surface area contributed by atoms with Crippen LogP contribution >= 0.6 is 15.9 Å². The Balaban J connectivity index is 1.56. The van der Waals surface area contributed by atoms with E-state index in [1.807, 2.05) is 25.7 Å². The lowest BCUT2D eigenvalue weighted by Crippen LogP contribution is -2.53. The second kappa shape index (κ2) is 7.22. The van der Waals surface area contributed by atoms with E-state index >= 15 is 0 Å². The summed E-state index contributed by atoms with van der Waals surface area (Å²) in [4.78, 5) is 14.8. The molecule has 3 atom stereocenters. The highest BCUT2D eigenvalue weighted by Crippen LogP contribution is 2.58. The van der Waals surface area contributed by atoms with Crippen LogP contribution in [0.5, 0.6) is 0 Å². The molecule has 3 aliphatic rings. The van der Waals surface area contributed by atoms with Gasteiger partial charge in [0.1, 0.15) is 5.60 Å². The third-order valence-corrected chi connectivity index (χ3v) is 7.13. The van der Waals surface area contributed by atoms with Crippen LogP contribution in [0.2, 0.25) is 0 Å². The van der Waals surface area contributed by atoms with Crippen LogP contribution in [-0.2, 0) is 11.2 Å². The number of benzene rings is 1. The van der Waals surface area contributed by atoms with Crippen LogP contribution in [0.4, 0.5) is 4.79 Å². The topological polar surface area (TPSA) is 67.6 Å². The van der Waals surface area contributed by atoms with Gasteiger partial charge in [0.15, 0.2) is 0 Å². The lowest BCUT2D eigenvalue weighted by Gasteiger charge is -2.36. The number of carbonyl (C=O) groups is 1. The first-order valence-corrected chi connectivity index (χ1v) is 11.5. The van der Waals surface area contributed by atoms with E-state index in [0.717, 1.165) is 60.1 Å². The fraction of sp³-hybridized carbons (Fsp3) is 0.609. The number of aryl methyl sites for hydroxylation is 1. The van der Waals surface area contributed by atoms with Crippen LogP contribution < -0.4 is 11.1 Å². The summed E-state index contributed by atoms with van der Waals surface area (Å²) in [6.07, 6.45) is 4.91. The average Bonchev–Trinajstić information content (AvgIpc) is 3.27. The molecule has 3 unspecified atom stereocenters. The molecule has 1 aromatic carbocycles. The first-order chi connectivity index (χ1) is 13.6. The zero-order chi connectivity index (χ0) is 21.0. The van der Waals surface area contributed by atoms with E-state index in [-0.39, 0.29) is 17.7 Å². The van der Waals surface area contributed by atoms with Crippen LogP contribution in [0.3, 0.4) is 0 Å². The number of nitrogens with one attached hydrogen (secondary N) is 1. The summed E-state index contributed by atoms with van der Waals surface area (Å²) >= 11 is 3.57. The van der Waals surface area contributed by atoms with E-state index in [9.17, 15) is 4.79 Å². The molecule has 0 spiro atoms. The van der Waals surface area contributed by atoms with E-state index in [2.05, 4.69) is 46.4 Å². The summed E-state index contributed by atoms with van der Waals surface area (Å²) < 4.78 is 6.79. The highest BCUT2D eigenvalue weighted by molar-refractivity contribution is 9.10. The molecule has 3 N–H and O–H groups in total.